The summed E-state index contributed by atoms with van der Waals surface area (Å²) in [5, 5.41) is 0. The predicted octanol–water partition coefficient (Wildman–Crippen LogP) is 5.71. The number of hydrogen-bond acceptors (Lipinski definition) is 3. The van der Waals surface area contributed by atoms with E-state index in [0.717, 1.165) is 12.8 Å². The van der Waals surface area contributed by atoms with Gasteiger partial charge in [0, 0.05) is 29.6 Å². The first-order valence-electron chi connectivity index (χ1n) is 9.61. The quantitative estimate of drug-likeness (QED) is 0.223. The van der Waals surface area contributed by atoms with Crippen molar-refractivity contribution in [3.05, 3.63) is 30.3 Å². The predicted molar refractivity (Wildman–Crippen MR) is 106 cm³/mol. The van der Waals surface area contributed by atoms with Crippen LogP contribution in [0.1, 0.15) is 84.0 Å². The van der Waals surface area contributed by atoms with Crippen LogP contribution in [0.4, 0.5) is 0 Å². The molecule has 0 atom stereocenters. The Morgan fingerprint density at radius 3 is 1.64 bits per heavy atom. The largest absolute Gasteiger partial charge is 0.296 e. The van der Waals surface area contributed by atoms with Gasteiger partial charge in [-0.1, -0.05) is 95.8 Å². The van der Waals surface area contributed by atoms with Crippen LogP contribution in [0, 0.1) is 0 Å². The summed E-state index contributed by atoms with van der Waals surface area (Å²) >= 11 is 0. The number of rotatable bonds is 15. The molecule has 0 heterocycles. The van der Waals surface area contributed by atoms with Crippen molar-refractivity contribution < 1.29 is 12.6 Å². The summed E-state index contributed by atoms with van der Waals surface area (Å²) in [4.78, 5) is 0.240. The van der Waals surface area contributed by atoms with Crippen LogP contribution in [-0.2, 0) is 14.3 Å². The molecule has 5 heteroatoms. The molecule has 0 aliphatic rings. The number of hydrogen-bond donors (Lipinski definition) is 0. The molecule has 0 unspecified atom stereocenters. The van der Waals surface area contributed by atoms with Crippen LogP contribution in [0.5, 0.6) is 0 Å². The van der Waals surface area contributed by atoms with Gasteiger partial charge in [0.05, 0.1) is 11.5 Å². The standard InChI is InChI=1S/C20H34O3S.Na/c1-2-3-4-5-6-7-8-9-10-11-12-16-19-23-24(21,22)20-17-14-13-15-18-20;/h13-15,17-18H,2-12,16,19H2,1H3;. The molecule has 0 aliphatic carbocycles. The van der Waals surface area contributed by atoms with Crippen molar-refractivity contribution in [3.8, 4) is 0 Å². The Morgan fingerprint density at radius 2 is 1.16 bits per heavy atom. The minimum Gasteiger partial charge on any atom is -0.266 e. The minimum atomic E-state index is -3.57. The van der Waals surface area contributed by atoms with Gasteiger partial charge in [-0.25, -0.2) is 0 Å². The van der Waals surface area contributed by atoms with Gasteiger partial charge in [0.15, 0.2) is 0 Å². The maximum absolute atomic E-state index is 11.9. The van der Waals surface area contributed by atoms with Crippen molar-refractivity contribution in [2.75, 3.05) is 6.61 Å². The SMILES string of the molecule is CCCCCCCCCCCCCCOS(=O)(=O)c1ccccc1.[Na]. The molecule has 0 aliphatic heterocycles. The van der Waals surface area contributed by atoms with Crippen LogP contribution in [0.15, 0.2) is 35.2 Å². The van der Waals surface area contributed by atoms with E-state index in [9.17, 15) is 8.42 Å². The molecule has 0 saturated heterocycles. The Hall–Kier alpha value is 0.130. The van der Waals surface area contributed by atoms with E-state index < -0.39 is 10.1 Å². The van der Waals surface area contributed by atoms with E-state index in [-0.39, 0.29) is 41.1 Å². The van der Waals surface area contributed by atoms with E-state index in [4.69, 9.17) is 4.18 Å². The van der Waals surface area contributed by atoms with Crippen molar-refractivity contribution >= 4 is 39.7 Å². The topological polar surface area (TPSA) is 43.4 Å². The Labute approximate surface area is 177 Å². The van der Waals surface area contributed by atoms with Gasteiger partial charge in [-0.3, -0.25) is 4.18 Å². The Morgan fingerprint density at radius 1 is 0.720 bits per heavy atom. The van der Waals surface area contributed by atoms with Crippen molar-refractivity contribution in [3.63, 3.8) is 0 Å². The molecule has 0 bridgehead atoms. The Balaban J connectivity index is 0.00000576. The third-order valence-electron chi connectivity index (χ3n) is 4.27. The number of benzene rings is 1. The zero-order valence-electron chi connectivity index (χ0n) is 16.2. The first-order chi connectivity index (χ1) is 11.7. The average molecular weight is 378 g/mol. The van der Waals surface area contributed by atoms with Crippen LogP contribution >= 0.6 is 0 Å². The fourth-order valence-electron chi connectivity index (χ4n) is 2.77. The Kier molecular flexibility index (Phi) is 16.4. The molecule has 1 rings (SSSR count). The molecule has 1 aromatic rings. The van der Waals surface area contributed by atoms with E-state index in [1.165, 1.54) is 64.2 Å². The van der Waals surface area contributed by atoms with Crippen LogP contribution in [0.3, 0.4) is 0 Å². The van der Waals surface area contributed by atoms with Crippen LogP contribution in [0.2, 0.25) is 0 Å². The van der Waals surface area contributed by atoms with E-state index in [2.05, 4.69) is 6.92 Å². The molecule has 1 radical (unpaired) electrons. The summed E-state index contributed by atoms with van der Waals surface area (Å²) in [6, 6.07) is 8.35. The van der Waals surface area contributed by atoms with Crippen molar-refractivity contribution in [1.82, 2.24) is 0 Å². The minimum absolute atomic E-state index is 0. The molecular formula is C20H34NaO3S. The smallest absolute Gasteiger partial charge is 0.266 e. The van der Waals surface area contributed by atoms with Gasteiger partial charge in [0.2, 0.25) is 0 Å². The molecule has 3 nitrogen and oxygen atoms in total. The Bertz CT molecular complexity index is 503. The maximum atomic E-state index is 11.9. The molecule has 0 fully saturated rings. The normalized spacial score (nSPS) is 11.2. The maximum Gasteiger partial charge on any atom is 0.296 e. The van der Waals surface area contributed by atoms with E-state index in [1.807, 2.05) is 0 Å². The fraction of sp³-hybridized carbons (Fsp3) is 0.700. The molecule has 0 aromatic heterocycles. The van der Waals surface area contributed by atoms with Crippen LogP contribution in [-0.4, -0.2) is 44.6 Å². The second-order valence-electron chi connectivity index (χ2n) is 6.48. The van der Waals surface area contributed by atoms with Gasteiger partial charge in [0.25, 0.3) is 10.1 Å². The molecular weight excluding hydrogens is 343 g/mol. The average Bonchev–Trinajstić information content (AvgIpc) is 2.60. The molecule has 0 saturated carbocycles. The summed E-state index contributed by atoms with van der Waals surface area (Å²) < 4.78 is 28.9. The summed E-state index contributed by atoms with van der Waals surface area (Å²) in [6.45, 7) is 2.54. The molecule has 0 amide bonds. The van der Waals surface area contributed by atoms with Crippen molar-refractivity contribution in [2.45, 2.75) is 88.9 Å². The molecule has 139 valence electrons. The van der Waals surface area contributed by atoms with Crippen LogP contribution in [0.25, 0.3) is 0 Å². The summed E-state index contributed by atoms with van der Waals surface area (Å²) in [5.41, 5.74) is 0. The molecule has 0 N–H and O–H groups in total. The first kappa shape index (κ1) is 25.1. The molecule has 1 aromatic carbocycles. The third kappa shape index (κ3) is 13.0. The fourth-order valence-corrected chi connectivity index (χ4v) is 3.73. The van der Waals surface area contributed by atoms with Gasteiger partial charge in [-0.15, -0.1) is 0 Å². The van der Waals surface area contributed by atoms with Crippen LogP contribution < -0.4 is 0 Å². The second-order valence-corrected chi connectivity index (χ2v) is 8.09. The van der Waals surface area contributed by atoms with Gasteiger partial charge >= 0.3 is 0 Å². The zero-order valence-corrected chi connectivity index (χ0v) is 19.0. The molecule has 0 spiro atoms. The van der Waals surface area contributed by atoms with Gasteiger partial charge in [-0.05, 0) is 18.6 Å². The monoisotopic (exact) mass is 377 g/mol. The summed E-state index contributed by atoms with van der Waals surface area (Å²) in [5.74, 6) is 0. The van der Waals surface area contributed by atoms with Gasteiger partial charge in [0.1, 0.15) is 0 Å². The number of unbranched alkanes of at least 4 members (excludes halogenated alkanes) is 11. The van der Waals surface area contributed by atoms with Crippen molar-refractivity contribution in [2.24, 2.45) is 0 Å². The third-order valence-corrected chi connectivity index (χ3v) is 5.59. The van der Waals surface area contributed by atoms with E-state index in [0.29, 0.717) is 0 Å². The first-order valence-corrected chi connectivity index (χ1v) is 11.0. The molecule has 25 heavy (non-hydrogen) atoms. The van der Waals surface area contributed by atoms with Crippen molar-refractivity contribution in [1.29, 1.82) is 0 Å². The van der Waals surface area contributed by atoms with Gasteiger partial charge < -0.3 is 0 Å². The van der Waals surface area contributed by atoms with Gasteiger partial charge in [-0.2, -0.15) is 8.42 Å². The zero-order chi connectivity index (χ0) is 17.5. The van der Waals surface area contributed by atoms with E-state index in [1.54, 1.807) is 30.3 Å². The second kappa shape index (κ2) is 16.3. The summed E-state index contributed by atoms with van der Waals surface area (Å²) in [7, 11) is -3.57. The van der Waals surface area contributed by atoms with E-state index >= 15 is 0 Å². The summed E-state index contributed by atoms with van der Waals surface area (Å²) in [6.07, 6.45) is 15.1.